The summed E-state index contributed by atoms with van der Waals surface area (Å²) < 4.78 is 39.9. The Labute approximate surface area is 210 Å². The van der Waals surface area contributed by atoms with Crippen LogP contribution in [0, 0.1) is 0 Å². The van der Waals surface area contributed by atoms with Crippen LogP contribution in [0.3, 0.4) is 0 Å². The van der Waals surface area contributed by atoms with Crippen LogP contribution >= 0.6 is 0 Å². The van der Waals surface area contributed by atoms with Gasteiger partial charge in [-0.3, -0.25) is 4.79 Å². The number of rotatable bonds is 15. The van der Waals surface area contributed by atoms with E-state index in [1.54, 1.807) is 15.9 Å². The number of halogens is 3. The molecule has 1 aliphatic rings. The van der Waals surface area contributed by atoms with Crippen LogP contribution in [0.25, 0.3) is 0 Å². The molecule has 2 rings (SSSR count). The molecule has 0 aliphatic carbocycles. The molecule has 0 N–H and O–H groups in total. The lowest BCUT2D eigenvalue weighted by Crippen LogP contribution is -2.49. The number of amides is 1. The molecule has 1 fully saturated rings. The van der Waals surface area contributed by atoms with E-state index in [9.17, 15) is 18.0 Å². The maximum absolute atomic E-state index is 13.3. The van der Waals surface area contributed by atoms with Crippen LogP contribution in [0.15, 0.2) is 48.6 Å². The number of para-hydroxylation sites is 1. The fourth-order valence-corrected chi connectivity index (χ4v) is 4.43. The van der Waals surface area contributed by atoms with Crippen molar-refractivity contribution >= 4 is 11.6 Å². The zero-order valence-corrected chi connectivity index (χ0v) is 21.4. The normalized spacial score (nSPS) is 15.0. The number of hydrogen-bond donors (Lipinski definition) is 0. The molecule has 0 bridgehead atoms. The Bertz CT molecular complexity index is 780. The minimum absolute atomic E-state index is 0.124. The molecule has 0 aromatic heterocycles. The van der Waals surface area contributed by atoms with Gasteiger partial charge in [0.1, 0.15) is 0 Å². The maximum Gasteiger partial charge on any atom is 0.418 e. The van der Waals surface area contributed by atoms with Gasteiger partial charge in [-0.15, -0.1) is 0 Å². The van der Waals surface area contributed by atoms with Gasteiger partial charge in [0.25, 0.3) is 0 Å². The first-order valence-electron chi connectivity index (χ1n) is 13.4. The molecule has 0 atom stereocenters. The zero-order chi connectivity index (χ0) is 25.4. The Morgan fingerprint density at radius 1 is 0.829 bits per heavy atom. The molecule has 3 nitrogen and oxygen atoms in total. The highest BCUT2D eigenvalue weighted by Gasteiger charge is 2.35. The Morgan fingerprint density at radius 3 is 2.09 bits per heavy atom. The number of anilines is 1. The average Bonchev–Trinajstić information content (AvgIpc) is 2.86. The second-order valence-electron chi connectivity index (χ2n) is 9.36. The highest BCUT2D eigenvalue weighted by molar-refractivity contribution is 5.76. The Morgan fingerprint density at radius 2 is 1.43 bits per heavy atom. The number of unbranched alkanes of at least 4 members (excludes halogenated alkanes) is 8. The Hall–Kier alpha value is -2.24. The highest BCUT2D eigenvalue weighted by Crippen LogP contribution is 2.36. The van der Waals surface area contributed by atoms with Gasteiger partial charge in [0.2, 0.25) is 5.91 Å². The molecule has 0 unspecified atom stereocenters. The van der Waals surface area contributed by atoms with Gasteiger partial charge in [-0.1, -0.05) is 75.5 Å². The molecular formula is C29H43F3N2O. The smallest absolute Gasteiger partial charge is 0.367 e. The van der Waals surface area contributed by atoms with E-state index in [0.717, 1.165) is 38.2 Å². The number of hydrogen-bond acceptors (Lipinski definition) is 2. The third-order valence-electron chi connectivity index (χ3n) is 6.52. The predicted octanol–water partition coefficient (Wildman–Crippen LogP) is 8.17. The molecule has 35 heavy (non-hydrogen) atoms. The van der Waals surface area contributed by atoms with Crippen LogP contribution in [0.4, 0.5) is 18.9 Å². The van der Waals surface area contributed by atoms with E-state index >= 15 is 0 Å². The van der Waals surface area contributed by atoms with Crippen LogP contribution < -0.4 is 4.90 Å². The summed E-state index contributed by atoms with van der Waals surface area (Å²) in [6.07, 6.45) is 17.9. The molecule has 1 amide bonds. The summed E-state index contributed by atoms with van der Waals surface area (Å²) in [5.41, 5.74) is -0.397. The molecule has 0 saturated carbocycles. The lowest BCUT2D eigenvalue weighted by atomic mass is 10.1. The molecule has 1 heterocycles. The van der Waals surface area contributed by atoms with E-state index in [-0.39, 0.29) is 11.6 Å². The molecular weight excluding hydrogens is 449 g/mol. The third kappa shape index (κ3) is 11.4. The molecule has 1 aromatic rings. The molecule has 6 heteroatoms. The molecule has 1 saturated heterocycles. The monoisotopic (exact) mass is 492 g/mol. The van der Waals surface area contributed by atoms with Crippen molar-refractivity contribution in [1.29, 1.82) is 0 Å². The minimum Gasteiger partial charge on any atom is -0.367 e. The van der Waals surface area contributed by atoms with Crippen LogP contribution in [0.1, 0.15) is 89.5 Å². The Kier molecular flexibility index (Phi) is 13.6. The van der Waals surface area contributed by atoms with Gasteiger partial charge in [0, 0.05) is 38.3 Å². The SMILES string of the molecule is CCCCCC=CCC=CCCCCCCCC(=O)N1CCN(c2ccccc2C(F)(F)F)CC1. The van der Waals surface area contributed by atoms with Crippen molar-refractivity contribution in [2.45, 2.75) is 90.1 Å². The number of nitrogens with zero attached hydrogens (tertiary/aromatic N) is 2. The summed E-state index contributed by atoms with van der Waals surface area (Å²) in [5.74, 6) is 0.124. The number of carbonyl (C=O) groups excluding carboxylic acids is 1. The molecule has 1 aromatic carbocycles. The summed E-state index contributed by atoms with van der Waals surface area (Å²) in [4.78, 5) is 16.1. The minimum atomic E-state index is -4.37. The predicted molar refractivity (Wildman–Crippen MR) is 140 cm³/mol. The summed E-state index contributed by atoms with van der Waals surface area (Å²) in [6.45, 7) is 4.04. The Balaban J connectivity index is 1.52. The number of alkyl halides is 3. The van der Waals surface area contributed by atoms with Gasteiger partial charge in [-0.05, 0) is 50.7 Å². The van der Waals surface area contributed by atoms with Crippen molar-refractivity contribution in [3.63, 3.8) is 0 Å². The fourth-order valence-electron chi connectivity index (χ4n) is 4.43. The summed E-state index contributed by atoms with van der Waals surface area (Å²) in [7, 11) is 0. The van der Waals surface area contributed by atoms with Gasteiger partial charge >= 0.3 is 6.18 Å². The van der Waals surface area contributed by atoms with Gasteiger partial charge in [0.05, 0.1) is 5.56 Å². The van der Waals surface area contributed by atoms with Gasteiger partial charge in [-0.25, -0.2) is 0 Å². The second kappa shape index (κ2) is 16.4. The van der Waals surface area contributed by atoms with Crippen molar-refractivity contribution in [3.8, 4) is 0 Å². The molecule has 0 spiro atoms. The van der Waals surface area contributed by atoms with Gasteiger partial charge in [0.15, 0.2) is 0 Å². The van der Waals surface area contributed by atoms with E-state index in [1.165, 1.54) is 50.7 Å². The molecule has 196 valence electrons. The van der Waals surface area contributed by atoms with E-state index in [2.05, 4.69) is 31.2 Å². The quantitative estimate of drug-likeness (QED) is 0.182. The first-order chi connectivity index (χ1) is 16.9. The summed E-state index contributed by atoms with van der Waals surface area (Å²) >= 11 is 0. The van der Waals surface area contributed by atoms with Crippen molar-refractivity contribution in [3.05, 3.63) is 54.1 Å². The topological polar surface area (TPSA) is 23.6 Å². The van der Waals surface area contributed by atoms with E-state index in [0.29, 0.717) is 32.6 Å². The summed E-state index contributed by atoms with van der Waals surface area (Å²) in [5, 5.41) is 0. The van der Waals surface area contributed by atoms with Crippen LogP contribution in [-0.2, 0) is 11.0 Å². The largest absolute Gasteiger partial charge is 0.418 e. The average molecular weight is 493 g/mol. The van der Waals surface area contributed by atoms with E-state index in [1.807, 2.05) is 0 Å². The van der Waals surface area contributed by atoms with Crippen LogP contribution in [0.5, 0.6) is 0 Å². The van der Waals surface area contributed by atoms with Crippen LogP contribution in [0.2, 0.25) is 0 Å². The zero-order valence-electron chi connectivity index (χ0n) is 21.4. The fraction of sp³-hybridized carbons (Fsp3) is 0.621. The van der Waals surface area contributed by atoms with Crippen molar-refractivity contribution in [2.75, 3.05) is 31.1 Å². The van der Waals surface area contributed by atoms with E-state index < -0.39 is 11.7 Å². The van der Waals surface area contributed by atoms with Crippen molar-refractivity contribution in [2.24, 2.45) is 0 Å². The third-order valence-corrected chi connectivity index (χ3v) is 6.52. The standard InChI is InChI=1S/C29H43F3N2O/c1-2-3-4-5-6-7-8-9-10-11-12-13-14-15-16-21-28(35)34-24-22-33(23-25-34)27-20-18-17-19-26(27)29(30,31)32/h6-7,9-10,17-20H,2-5,8,11-16,21-25H2,1H3. The van der Waals surface area contributed by atoms with Gasteiger partial charge < -0.3 is 9.80 Å². The highest BCUT2D eigenvalue weighted by atomic mass is 19.4. The lowest BCUT2D eigenvalue weighted by Gasteiger charge is -2.37. The van der Waals surface area contributed by atoms with Crippen molar-refractivity contribution in [1.82, 2.24) is 4.90 Å². The van der Waals surface area contributed by atoms with Crippen molar-refractivity contribution < 1.29 is 18.0 Å². The maximum atomic E-state index is 13.3. The van der Waals surface area contributed by atoms with E-state index in [4.69, 9.17) is 0 Å². The summed E-state index contributed by atoms with van der Waals surface area (Å²) in [6, 6.07) is 5.68. The van der Waals surface area contributed by atoms with Gasteiger partial charge in [-0.2, -0.15) is 13.2 Å². The first kappa shape index (κ1) is 29.0. The number of benzene rings is 1. The number of allylic oxidation sites excluding steroid dienone is 4. The molecule has 1 aliphatic heterocycles. The first-order valence-corrected chi connectivity index (χ1v) is 13.4. The second-order valence-corrected chi connectivity index (χ2v) is 9.36. The lowest BCUT2D eigenvalue weighted by molar-refractivity contribution is -0.137. The van der Waals surface area contributed by atoms with Crippen LogP contribution in [-0.4, -0.2) is 37.0 Å². The number of piperazine rings is 1. The number of carbonyl (C=O) groups is 1. The molecule has 0 radical (unpaired) electrons.